The van der Waals surface area contributed by atoms with Crippen LogP contribution in [0.1, 0.15) is 44.8 Å². The van der Waals surface area contributed by atoms with Gasteiger partial charge in [0.05, 0.1) is 0 Å². The highest BCUT2D eigenvalue weighted by Crippen LogP contribution is 2.13. The molecule has 0 aromatic carbocycles. The Bertz CT molecular complexity index is 438. The van der Waals surface area contributed by atoms with Crippen molar-refractivity contribution in [1.82, 2.24) is 15.2 Å². The molecule has 1 atom stereocenters. The second-order valence-corrected chi connectivity index (χ2v) is 5.69. The third-order valence-corrected chi connectivity index (χ3v) is 3.91. The Morgan fingerprint density at radius 2 is 2.24 bits per heavy atom. The van der Waals surface area contributed by atoms with Crippen molar-refractivity contribution in [3.8, 4) is 0 Å². The second-order valence-electron chi connectivity index (χ2n) is 5.69. The van der Waals surface area contributed by atoms with E-state index in [-0.39, 0.29) is 18.0 Å². The highest BCUT2D eigenvalue weighted by atomic mass is 16.5. The van der Waals surface area contributed by atoms with Crippen molar-refractivity contribution in [2.24, 2.45) is 0 Å². The smallest absolute Gasteiger partial charge is 0.240 e. The Kier molecular flexibility index (Phi) is 6.26. The molecular formula is C16H27N3O2. The number of aromatic nitrogens is 1. The minimum absolute atomic E-state index is 0.0852. The molecule has 5 heteroatoms. The molecule has 2 N–H and O–H groups in total. The first-order chi connectivity index (χ1) is 10.2. The summed E-state index contributed by atoms with van der Waals surface area (Å²) in [6.45, 7) is 7.16. The van der Waals surface area contributed by atoms with Crippen LogP contribution >= 0.6 is 0 Å². The van der Waals surface area contributed by atoms with Crippen LogP contribution in [-0.2, 0) is 16.1 Å². The number of nitrogens with zero attached hydrogens (tertiary/aromatic N) is 1. The third-order valence-electron chi connectivity index (χ3n) is 3.91. The molecule has 1 aliphatic rings. The fourth-order valence-corrected chi connectivity index (χ4v) is 2.70. The van der Waals surface area contributed by atoms with Gasteiger partial charge in [-0.1, -0.05) is 6.92 Å². The van der Waals surface area contributed by atoms with Crippen LogP contribution < -0.4 is 10.6 Å². The van der Waals surface area contributed by atoms with E-state index in [4.69, 9.17) is 4.74 Å². The molecule has 0 saturated carbocycles. The zero-order chi connectivity index (χ0) is 15.1. The van der Waals surface area contributed by atoms with Gasteiger partial charge in [-0.05, 0) is 44.9 Å². The van der Waals surface area contributed by atoms with Crippen molar-refractivity contribution in [2.75, 3.05) is 19.8 Å². The van der Waals surface area contributed by atoms with Crippen LogP contribution in [0.2, 0.25) is 0 Å². The van der Waals surface area contributed by atoms with Crippen LogP contribution in [0.25, 0.3) is 0 Å². The van der Waals surface area contributed by atoms with Crippen LogP contribution in [0.3, 0.4) is 0 Å². The number of carbonyl (C=O) groups excluding carboxylic acids is 1. The lowest BCUT2D eigenvalue weighted by molar-refractivity contribution is -0.123. The summed E-state index contributed by atoms with van der Waals surface area (Å²) in [5, 5.41) is 6.57. The van der Waals surface area contributed by atoms with E-state index >= 15 is 0 Å². The molecule has 1 aliphatic heterocycles. The van der Waals surface area contributed by atoms with E-state index in [0.29, 0.717) is 6.54 Å². The van der Waals surface area contributed by atoms with Gasteiger partial charge in [0.1, 0.15) is 6.54 Å². The number of ether oxygens (including phenoxy) is 1. The van der Waals surface area contributed by atoms with Gasteiger partial charge in [0.15, 0.2) is 0 Å². The van der Waals surface area contributed by atoms with Gasteiger partial charge in [0.25, 0.3) is 0 Å². The minimum Gasteiger partial charge on any atom is -0.381 e. The molecule has 118 valence electrons. The van der Waals surface area contributed by atoms with Crippen molar-refractivity contribution in [3.05, 3.63) is 24.0 Å². The lowest BCUT2D eigenvalue weighted by atomic mass is 10.1. The first kappa shape index (κ1) is 16.0. The summed E-state index contributed by atoms with van der Waals surface area (Å²) < 4.78 is 7.34. The van der Waals surface area contributed by atoms with Gasteiger partial charge < -0.3 is 19.9 Å². The summed E-state index contributed by atoms with van der Waals surface area (Å²) in [5.41, 5.74) is 1.16. The summed E-state index contributed by atoms with van der Waals surface area (Å²) in [4.78, 5) is 12.2. The first-order valence-electron chi connectivity index (χ1n) is 7.96. The quantitative estimate of drug-likeness (QED) is 0.806. The average molecular weight is 293 g/mol. The second kappa shape index (κ2) is 8.20. The SMILES string of the molecule is CCCNC(C)c1cccn1CC(=O)NC1CCOCC1. The summed E-state index contributed by atoms with van der Waals surface area (Å²) in [5.74, 6) is 0.0852. The maximum atomic E-state index is 12.2. The Morgan fingerprint density at radius 1 is 1.48 bits per heavy atom. The molecule has 2 heterocycles. The van der Waals surface area contributed by atoms with Crippen LogP contribution in [0.5, 0.6) is 0 Å². The lowest BCUT2D eigenvalue weighted by Crippen LogP contribution is -2.40. The van der Waals surface area contributed by atoms with E-state index in [1.807, 2.05) is 16.8 Å². The lowest BCUT2D eigenvalue weighted by Gasteiger charge is -2.23. The molecule has 0 radical (unpaired) electrons. The molecule has 1 aromatic rings. The predicted octanol–water partition coefficient (Wildman–Crippen LogP) is 1.84. The number of hydrogen-bond acceptors (Lipinski definition) is 3. The van der Waals surface area contributed by atoms with E-state index in [0.717, 1.165) is 44.7 Å². The molecule has 0 bridgehead atoms. The number of rotatable bonds is 7. The average Bonchev–Trinajstić information content (AvgIpc) is 2.93. The highest BCUT2D eigenvalue weighted by molar-refractivity contribution is 5.76. The largest absolute Gasteiger partial charge is 0.381 e. The molecular weight excluding hydrogens is 266 g/mol. The van der Waals surface area contributed by atoms with Crippen LogP contribution in [-0.4, -0.2) is 36.3 Å². The first-order valence-corrected chi connectivity index (χ1v) is 7.96. The van der Waals surface area contributed by atoms with Crippen molar-refractivity contribution >= 4 is 5.91 Å². The molecule has 1 saturated heterocycles. The van der Waals surface area contributed by atoms with E-state index in [1.54, 1.807) is 0 Å². The molecule has 0 aliphatic carbocycles. The number of hydrogen-bond donors (Lipinski definition) is 2. The Morgan fingerprint density at radius 3 is 2.95 bits per heavy atom. The van der Waals surface area contributed by atoms with E-state index in [1.165, 1.54) is 0 Å². The maximum absolute atomic E-state index is 12.2. The Labute approximate surface area is 127 Å². The monoisotopic (exact) mass is 293 g/mol. The van der Waals surface area contributed by atoms with Crippen molar-refractivity contribution in [3.63, 3.8) is 0 Å². The summed E-state index contributed by atoms with van der Waals surface area (Å²) in [7, 11) is 0. The van der Waals surface area contributed by atoms with Crippen LogP contribution in [0.4, 0.5) is 0 Å². The Balaban J connectivity index is 1.87. The zero-order valence-electron chi connectivity index (χ0n) is 13.1. The van der Waals surface area contributed by atoms with Crippen molar-refractivity contribution < 1.29 is 9.53 Å². The molecule has 1 unspecified atom stereocenters. The summed E-state index contributed by atoms with van der Waals surface area (Å²) in [6.07, 6.45) is 4.91. The number of nitrogens with one attached hydrogen (secondary N) is 2. The molecule has 0 spiro atoms. The van der Waals surface area contributed by atoms with Crippen molar-refractivity contribution in [2.45, 2.75) is 51.7 Å². The molecule has 1 fully saturated rings. The molecule has 5 nitrogen and oxygen atoms in total. The van der Waals surface area contributed by atoms with Gasteiger partial charge in [-0.2, -0.15) is 0 Å². The van der Waals surface area contributed by atoms with Gasteiger partial charge in [-0.25, -0.2) is 0 Å². The minimum atomic E-state index is 0.0852. The van der Waals surface area contributed by atoms with Crippen molar-refractivity contribution in [1.29, 1.82) is 0 Å². The zero-order valence-corrected chi connectivity index (χ0v) is 13.1. The van der Waals surface area contributed by atoms with E-state index in [2.05, 4.69) is 30.5 Å². The van der Waals surface area contributed by atoms with Gasteiger partial charge in [0, 0.05) is 37.2 Å². The number of carbonyl (C=O) groups is 1. The topological polar surface area (TPSA) is 55.3 Å². The molecule has 1 aromatic heterocycles. The van der Waals surface area contributed by atoms with Gasteiger partial charge in [0.2, 0.25) is 5.91 Å². The summed E-state index contributed by atoms with van der Waals surface area (Å²) in [6, 6.07) is 4.60. The highest BCUT2D eigenvalue weighted by Gasteiger charge is 2.17. The standard InChI is InChI=1S/C16H27N3O2/c1-3-8-17-13(2)15-5-4-9-19(15)12-16(20)18-14-6-10-21-11-7-14/h4-5,9,13-14,17H,3,6-8,10-12H2,1-2H3,(H,18,20). The normalized spacial score (nSPS) is 17.6. The van der Waals surface area contributed by atoms with Crippen LogP contribution in [0.15, 0.2) is 18.3 Å². The van der Waals surface area contributed by atoms with Gasteiger partial charge in [-0.3, -0.25) is 4.79 Å². The third kappa shape index (κ3) is 4.86. The van der Waals surface area contributed by atoms with Gasteiger partial charge in [-0.15, -0.1) is 0 Å². The molecule has 1 amide bonds. The maximum Gasteiger partial charge on any atom is 0.240 e. The van der Waals surface area contributed by atoms with Gasteiger partial charge >= 0.3 is 0 Å². The van der Waals surface area contributed by atoms with Crippen LogP contribution in [0, 0.1) is 0 Å². The fraction of sp³-hybridized carbons (Fsp3) is 0.688. The predicted molar refractivity (Wildman–Crippen MR) is 83.1 cm³/mol. The summed E-state index contributed by atoms with van der Waals surface area (Å²) >= 11 is 0. The van der Waals surface area contributed by atoms with E-state index < -0.39 is 0 Å². The van der Waals surface area contributed by atoms with E-state index in [9.17, 15) is 4.79 Å². The fourth-order valence-electron chi connectivity index (χ4n) is 2.70. The molecule has 2 rings (SSSR count). The molecule has 21 heavy (non-hydrogen) atoms. The Hall–Kier alpha value is -1.33. The number of amides is 1.